The van der Waals surface area contributed by atoms with Crippen molar-refractivity contribution in [1.82, 2.24) is 4.98 Å². The molecule has 0 bridgehead atoms. The number of carbonyl (C=O) groups excluding carboxylic acids is 1. The van der Waals surface area contributed by atoms with Gasteiger partial charge in [-0.3, -0.25) is 4.79 Å². The molecule has 0 aromatic carbocycles. The quantitative estimate of drug-likeness (QED) is 0.776. The summed E-state index contributed by atoms with van der Waals surface area (Å²) < 4.78 is 4.97. The Labute approximate surface area is 87.2 Å². The van der Waals surface area contributed by atoms with Crippen LogP contribution in [-0.4, -0.2) is 23.9 Å². The first kappa shape index (κ1) is 10.8. The number of rotatable bonds is 4. The first-order valence-electron chi connectivity index (χ1n) is 4.12. The van der Waals surface area contributed by atoms with Crippen LogP contribution in [0.2, 0.25) is 0 Å². The van der Waals surface area contributed by atoms with Crippen molar-refractivity contribution < 1.29 is 9.53 Å². The van der Waals surface area contributed by atoms with Crippen LogP contribution in [0.3, 0.4) is 0 Å². The zero-order valence-corrected chi connectivity index (χ0v) is 8.54. The van der Waals surface area contributed by atoms with Gasteiger partial charge in [-0.2, -0.15) is 0 Å². The van der Waals surface area contributed by atoms with Crippen molar-refractivity contribution in [2.45, 2.75) is 6.42 Å². The van der Waals surface area contributed by atoms with Gasteiger partial charge in [0.15, 0.2) is 0 Å². The molecule has 5 heteroatoms. The topological polar surface area (TPSA) is 51.2 Å². The van der Waals surface area contributed by atoms with Gasteiger partial charge in [0.05, 0.1) is 7.11 Å². The SMILES string of the molecule is COc1ncccc1NC(=O)CCCl. The minimum atomic E-state index is -0.147. The third-order valence-electron chi connectivity index (χ3n) is 1.56. The van der Waals surface area contributed by atoms with E-state index < -0.39 is 0 Å². The van der Waals surface area contributed by atoms with Gasteiger partial charge in [-0.05, 0) is 12.1 Å². The van der Waals surface area contributed by atoms with Crippen LogP contribution in [-0.2, 0) is 4.79 Å². The van der Waals surface area contributed by atoms with Crippen molar-refractivity contribution in [3.05, 3.63) is 18.3 Å². The van der Waals surface area contributed by atoms with Gasteiger partial charge in [-0.1, -0.05) is 0 Å². The molecule has 0 unspecified atom stereocenters. The highest BCUT2D eigenvalue weighted by Crippen LogP contribution is 2.19. The van der Waals surface area contributed by atoms with Crippen molar-refractivity contribution in [2.24, 2.45) is 0 Å². The molecule has 0 fully saturated rings. The normalized spacial score (nSPS) is 9.57. The average Bonchev–Trinajstić information content (AvgIpc) is 2.19. The van der Waals surface area contributed by atoms with Crippen molar-refractivity contribution in [2.75, 3.05) is 18.3 Å². The summed E-state index contributed by atoms with van der Waals surface area (Å²) in [6, 6.07) is 3.44. The second-order valence-corrected chi connectivity index (χ2v) is 2.93. The van der Waals surface area contributed by atoms with Crippen LogP contribution in [0, 0.1) is 0 Å². The van der Waals surface area contributed by atoms with Gasteiger partial charge in [0.1, 0.15) is 5.69 Å². The number of anilines is 1. The molecule has 0 aliphatic heterocycles. The smallest absolute Gasteiger partial charge is 0.237 e. The van der Waals surface area contributed by atoms with Crippen LogP contribution in [0.25, 0.3) is 0 Å². The molecule has 1 rings (SSSR count). The molecule has 0 spiro atoms. The summed E-state index contributed by atoms with van der Waals surface area (Å²) in [5.41, 5.74) is 0.560. The van der Waals surface area contributed by atoms with E-state index in [9.17, 15) is 4.79 Å². The number of halogens is 1. The largest absolute Gasteiger partial charge is 0.480 e. The van der Waals surface area contributed by atoms with Gasteiger partial charge in [0.2, 0.25) is 11.8 Å². The molecular formula is C9H11ClN2O2. The third kappa shape index (κ3) is 2.88. The van der Waals surface area contributed by atoms with Crippen molar-refractivity contribution in [1.29, 1.82) is 0 Å². The number of nitrogens with zero attached hydrogens (tertiary/aromatic N) is 1. The summed E-state index contributed by atoms with van der Waals surface area (Å²) in [4.78, 5) is 15.1. The lowest BCUT2D eigenvalue weighted by atomic mass is 10.3. The number of pyridine rings is 1. The fourth-order valence-corrected chi connectivity index (χ4v) is 1.12. The van der Waals surface area contributed by atoms with Crippen molar-refractivity contribution in [3.63, 3.8) is 0 Å². The molecule has 0 saturated carbocycles. The lowest BCUT2D eigenvalue weighted by molar-refractivity contribution is -0.115. The Morgan fingerprint density at radius 3 is 3.14 bits per heavy atom. The fourth-order valence-electron chi connectivity index (χ4n) is 0.947. The molecule has 1 heterocycles. The Bertz CT molecular complexity index is 317. The molecule has 0 aliphatic rings. The number of alkyl halides is 1. The lowest BCUT2D eigenvalue weighted by Crippen LogP contribution is -2.12. The Morgan fingerprint density at radius 2 is 2.50 bits per heavy atom. The summed E-state index contributed by atoms with van der Waals surface area (Å²) in [7, 11) is 1.50. The highest BCUT2D eigenvalue weighted by Gasteiger charge is 2.06. The van der Waals surface area contributed by atoms with Gasteiger partial charge < -0.3 is 10.1 Å². The van der Waals surface area contributed by atoms with Crippen LogP contribution in [0.5, 0.6) is 5.88 Å². The van der Waals surface area contributed by atoms with E-state index >= 15 is 0 Å². The van der Waals surface area contributed by atoms with E-state index in [-0.39, 0.29) is 12.3 Å². The van der Waals surface area contributed by atoms with Crippen LogP contribution < -0.4 is 10.1 Å². The molecule has 1 aromatic heterocycles. The molecule has 14 heavy (non-hydrogen) atoms. The standard InChI is InChI=1S/C9H11ClN2O2/c1-14-9-7(3-2-6-11-9)12-8(13)4-5-10/h2-3,6H,4-5H2,1H3,(H,12,13). The highest BCUT2D eigenvalue weighted by atomic mass is 35.5. The molecule has 0 atom stereocenters. The van der Waals surface area contributed by atoms with Crippen LogP contribution >= 0.6 is 11.6 Å². The maximum absolute atomic E-state index is 11.2. The van der Waals surface area contributed by atoms with Gasteiger partial charge in [0.25, 0.3) is 0 Å². The number of hydrogen-bond acceptors (Lipinski definition) is 3. The van der Waals surface area contributed by atoms with Gasteiger partial charge in [0, 0.05) is 18.5 Å². The number of ether oxygens (including phenoxy) is 1. The minimum Gasteiger partial charge on any atom is -0.480 e. The van der Waals surface area contributed by atoms with E-state index in [1.54, 1.807) is 18.3 Å². The number of methoxy groups -OCH3 is 1. The second-order valence-electron chi connectivity index (χ2n) is 2.55. The van der Waals surface area contributed by atoms with E-state index in [4.69, 9.17) is 16.3 Å². The van der Waals surface area contributed by atoms with E-state index in [1.165, 1.54) is 7.11 Å². The molecule has 1 N–H and O–H groups in total. The minimum absolute atomic E-state index is 0.147. The fraction of sp³-hybridized carbons (Fsp3) is 0.333. The molecule has 4 nitrogen and oxygen atoms in total. The molecule has 0 aliphatic carbocycles. The Balaban J connectivity index is 2.70. The molecular weight excluding hydrogens is 204 g/mol. The first-order valence-corrected chi connectivity index (χ1v) is 4.66. The Hall–Kier alpha value is -1.29. The lowest BCUT2D eigenvalue weighted by Gasteiger charge is -2.07. The summed E-state index contributed by atoms with van der Waals surface area (Å²) in [5.74, 6) is 0.552. The predicted octanol–water partition coefficient (Wildman–Crippen LogP) is 1.66. The summed E-state index contributed by atoms with van der Waals surface area (Å²) >= 11 is 5.43. The second kappa shape index (κ2) is 5.44. The number of aromatic nitrogens is 1. The number of carbonyl (C=O) groups is 1. The summed E-state index contributed by atoms with van der Waals surface area (Å²) in [6.45, 7) is 0. The first-order chi connectivity index (χ1) is 6.77. The van der Waals surface area contributed by atoms with Crippen LogP contribution in [0.15, 0.2) is 18.3 Å². The van der Waals surface area contributed by atoms with E-state index in [0.717, 1.165) is 0 Å². The number of amides is 1. The maximum atomic E-state index is 11.2. The van der Waals surface area contributed by atoms with E-state index in [0.29, 0.717) is 17.4 Å². The predicted molar refractivity (Wildman–Crippen MR) is 54.8 cm³/mol. The Kier molecular flexibility index (Phi) is 4.19. The summed E-state index contributed by atoms with van der Waals surface area (Å²) in [5, 5.41) is 2.65. The molecule has 0 radical (unpaired) electrons. The van der Waals surface area contributed by atoms with Gasteiger partial charge in [-0.15, -0.1) is 11.6 Å². The van der Waals surface area contributed by atoms with Gasteiger partial charge >= 0.3 is 0 Å². The number of nitrogens with one attached hydrogen (secondary N) is 1. The number of hydrogen-bond donors (Lipinski definition) is 1. The summed E-state index contributed by atoms with van der Waals surface area (Å²) in [6.07, 6.45) is 1.87. The van der Waals surface area contributed by atoms with E-state index in [2.05, 4.69) is 10.3 Å². The van der Waals surface area contributed by atoms with E-state index in [1.807, 2.05) is 0 Å². The maximum Gasteiger partial charge on any atom is 0.237 e. The zero-order valence-electron chi connectivity index (χ0n) is 7.79. The van der Waals surface area contributed by atoms with Crippen LogP contribution in [0.4, 0.5) is 5.69 Å². The monoisotopic (exact) mass is 214 g/mol. The molecule has 1 amide bonds. The third-order valence-corrected chi connectivity index (χ3v) is 1.75. The van der Waals surface area contributed by atoms with Crippen molar-refractivity contribution in [3.8, 4) is 5.88 Å². The molecule has 76 valence electrons. The van der Waals surface area contributed by atoms with Gasteiger partial charge in [-0.25, -0.2) is 4.98 Å². The van der Waals surface area contributed by atoms with Crippen molar-refractivity contribution >= 4 is 23.2 Å². The highest BCUT2D eigenvalue weighted by molar-refractivity contribution is 6.19. The molecule has 0 saturated heterocycles. The Morgan fingerprint density at radius 1 is 1.71 bits per heavy atom. The average molecular weight is 215 g/mol. The zero-order chi connectivity index (χ0) is 10.4. The van der Waals surface area contributed by atoms with Crippen LogP contribution in [0.1, 0.15) is 6.42 Å². The molecule has 1 aromatic rings.